The second kappa shape index (κ2) is 4.64. The van der Waals surface area contributed by atoms with Crippen molar-refractivity contribution in [1.82, 2.24) is 9.97 Å². The van der Waals surface area contributed by atoms with Crippen LogP contribution in [0.25, 0.3) is 43.4 Å². The van der Waals surface area contributed by atoms with Gasteiger partial charge in [0.25, 0.3) is 0 Å². The Kier molecular flexibility index (Phi) is 1.90. The quantitative estimate of drug-likeness (QED) is 0.405. The Hall–Kier alpha value is -2.72. The third-order valence-electron chi connectivity index (χ3n) is 3.84. The molecule has 5 aromatic rings. The maximum atomic E-state index is 8.21. The predicted octanol–water partition coefficient (Wildman–Crippen LogP) is 5.57. The van der Waals surface area contributed by atoms with Crippen LogP contribution in [0.15, 0.2) is 59.0 Å². The second-order valence-electron chi connectivity index (χ2n) is 5.25. The first-order chi connectivity index (χ1) is 13.0. The Morgan fingerprint density at radius 2 is 2.13 bits per heavy atom. The lowest BCUT2D eigenvalue weighted by Crippen LogP contribution is -1.81. The predicted molar refractivity (Wildman–Crippen MR) is 94.9 cm³/mol. The molecule has 0 fully saturated rings. The van der Waals surface area contributed by atoms with E-state index in [1.807, 2.05) is 31.2 Å². The Balaban J connectivity index is 1.92. The largest absolute Gasteiger partial charge is 0.455 e. The summed E-state index contributed by atoms with van der Waals surface area (Å²) in [4.78, 5) is 8.63. The first-order valence-corrected chi connectivity index (χ1v) is 7.93. The number of furan rings is 1. The molecule has 5 rings (SSSR count). The highest BCUT2D eigenvalue weighted by Crippen LogP contribution is 2.40. The number of nitrogens with zero attached hydrogens (tertiary/aromatic N) is 2. The van der Waals surface area contributed by atoms with Crippen molar-refractivity contribution < 1.29 is 9.90 Å². The molecule has 0 bridgehead atoms. The topological polar surface area (TPSA) is 38.9 Å². The molecular weight excluding hydrogens is 304 g/mol. The van der Waals surface area contributed by atoms with E-state index in [4.69, 9.17) is 9.90 Å². The summed E-state index contributed by atoms with van der Waals surface area (Å²) < 4.78 is 38.8. The molecular formula is C19H12N2OS. The van der Waals surface area contributed by atoms with E-state index >= 15 is 0 Å². The minimum atomic E-state index is -0.345. The van der Waals surface area contributed by atoms with Gasteiger partial charge < -0.3 is 4.42 Å². The van der Waals surface area contributed by atoms with Gasteiger partial charge in [-0.25, -0.2) is 4.98 Å². The van der Waals surface area contributed by atoms with Crippen molar-refractivity contribution in [1.29, 1.82) is 0 Å². The highest BCUT2D eigenvalue weighted by molar-refractivity contribution is 7.19. The maximum absolute atomic E-state index is 8.21. The lowest BCUT2D eigenvalue weighted by molar-refractivity contribution is 0.670. The van der Waals surface area contributed by atoms with Crippen LogP contribution in [0.4, 0.5) is 0 Å². The average Bonchev–Trinajstić information content (AvgIpc) is 3.22. The molecule has 0 N–H and O–H groups in total. The van der Waals surface area contributed by atoms with Crippen molar-refractivity contribution in [3.8, 4) is 11.3 Å². The second-order valence-corrected chi connectivity index (χ2v) is 6.45. The van der Waals surface area contributed by atoms with Gasteiger partial charge in [-0.2, -0.15) is 0 Å². The highest BCUT2D eigenvalue weighted by Gasteiger charge is 2.16. The van der Waals surface area contributed by atoms with Crippen LogP contribution in [-0.4, -0.2) is 9.97 Å². The summed E-state index contributed by atoms with van der Waals surface area (Å²) in [5.74, 6) is 0. The number of para-hydroxylation sites is 1. The lowest BCUT2D eigenvalue weighted by atomic mass is 10.1. The average molecular weight is 320 g/mol. The van der Waals surface area contributed by atoms with Crippen molar-refractivity contribution >= 4 is 43.5 Å². The van der Waals surface area contributed by atoms with Gasteiger partial charge in [0.05, 0.1) is 26.4 Å². The Bertz CT molecular complexity index is 1390. The normalized spacial score (nSPS) is 14.1. The summed E-state index contributed by atoms with van der Waals surface area (Å²) in [5, 5.41) is 2.82. The molecule has 0 spiro atoms. The monoisotopic (exact) mass is 320 g/mol. The summed E-state index contributed by atoms with van der Waals surface area (Å²) in [6.07, 6.45) is -0.320. The van der Waals surface area contributed by atoms with Crippen LogP contribution in [-0.2, 0) is 0 Å². The lowest BCUT2D eigenvalue weighted by Gasteiger charge is -2.00. The number of hydrogen-bond acceptors (Lipinski definition) is 4. The molecule has 3 heterocycles. The number of pyridine rings is 1. The van der Waals surface area contributed by atoms with Crippen molar-refractivity contribution in [3.63, 3.8) is 0 Å². The van der Waals surface area contributed by atoms with Crippen molar-refractivity contribution in [2.75, 3.05) is 0 Å². The third-order valence-corrected chi connectivity index (χ3v) is 4.85. The zero-order valence-electron chi connectivity index (χ0n) is 16.1. The minimum Gasteiger partial charge on any atom is -0.455 e. The number of rotatable bonds is 1. The fraction of sp³-hybridized carbons (Fsp3) is 0.0526. The number of thiazole rings is 1. The van der Waals surface area contributed by atoms with Crippen LogP contribution in [0, 0.1) is 6.92 Å². The molecule has 3 aromatic heterocycles. The third kappa shape index (κ3) is 1.82. The van der Waals surface area contributed by atoms with E-state index in [1.165, 1.54) is 0 Å². The van der Waals surface area contributed by atoms with E-state index in [2.05, 4.69) is 9.97 Å². The van der Waals surface area contributed by atoms with E-state index in [0.717, 1.165) is 31.6 Å². The Morgan fingerprint density at radius 3 is 3.09 bits per heavy atom. The number of aryl methyl sites for hydroxylation is 1. The van der Waals surface area contributed by atoms with Crippen LogP contribution in [0.3, 0.4) is 0 Å². The molecule has 0 radical (unpaired) electrons. The van der Waals surface area contributed by atoms with Gasteiger partial charge in [0.15, 0.2) is 0 Å². The summed E-state index contributed by atoms with van der Waals surface area (Å²) >= 11 is 1.60. The van der Waals surface area contributed by atoms with Gasteiger partial charge >= 0.3 is 0 Å². The number of hydrogen-bond donors (Lipinski definition) is 0. The number of aromatic nitrogens is 2. The molecule has 23 heavy (non-hydrogen) atoms. The molecule has 0 atom stereocenters. The fourth-order valence-electron chi connectivity index (χ4n) is 2.92. The molecule has 0 aliphatic rings. The molecule has 0 aliphatic carbocycles. The van der Waals surface area contributed by atoms with Gasteiger partial charge in [0, 0.05) is 22.5 Å². The smallest absolute Gasteiger partial charge is 0.144 e. The first kappa shape index (κ1) is 9.43. The minimum absolute atomic E-state index is 0.178. The van der Waals surface area contributed by atoms with Crippen LogP contribution in [0.1, 0.15) is 10.5 Å². The molecule has 4 heteroatoms. The van der Waals surface area contributed by atoms with Crippen molar-refractivity contribution in [3.05, 3.63) is 59.6 Å². The van der Waals surface area contributed by atoms with E-state index < -0.39 is 0 Å². The Labute approximate surface area is 141 Å². The van der Waals surface area contributed by atoms with Crippen molar-refractivity contribution in [2.45, 2.75) is 6.92 Å². The molecule has 0 amide bonds. The summed E-state index contributed by atoms with van der Waals surface area (Å²) in [6.45, 7) is 1.97. The van der Waals surface area contributed by atoms with Gasteiger partial charge in [-0.05, 0) is 37.2 Å². The highest BCUT2D eigenvalue weighted by atomic mass is 32.1. The van der Waals surface area contributed by atoms with Gasteiger partial charge in [-0.1, -0.05) is 18.2 Å². The van der Waals surface area contributed by atoms with Gasteiger partial charge in [-0.15, -0.1) is 11.3 Å². The summed E-state index contributed by atoms with van der Waals surface area (Å²) in [6, 6.07) is 8.55. The van der Waals surface area contributed by atoms with Gasteiger partial charge in [0.2, 0.25) is 0 Å². The standard InChI is InChI=1S/C19H12N2OS/c1-11-21-15-8-9-16-17(19(15)23-11)13-6-4-5-12(18(13)22-16)14-7-2-3-10-20-14/h2-10H,1H3/i2D,3D,7D,10D. The summed E-state index contributed by atoms with van der Waals surface area (Å²) in [7, 11) is 0. The fourth-order valence-corrected chi connectivity index (χ4v) is 3.89. The van der Waals surface area contributed by atoms with Gasteiger partial charge in [-0.3, -0.25) is 4.98 Å². The first-order valence-electron chi connectivity index (χ1n) is 9.12. The molecule has 0 saturated heterocycles. The van der Waals surface area contributed by atoms with Crippen LogP contribution >= 0.6 is 11.3 Å². The van der Waals surface area contributed by atoms with E-state index in [9.17, 15) is 0 Å². The number of benzene rings is 2. The molecule has 3 nitrogen and oxygen atoms in total. The maximum Gasteiger partial charge on any atom is 0.144 e. The molecule has 110 valence electrons. The van der Waals surface area contributed by atoms with Gasteiger partial charge in [0.1, 0.15) is 11.2 Å². The number of fused-ring (bicyclic) bond motifs is 5. The van der Waals surface area contributed by atoms with E-state index in [1.54, 1.807) is 17.4 Å². The molecule has 0 unspecified atom stereocenters. The SMILES string of the molecule is [2H]c1nc(-c2cccc3c2oc2ccc4nc(C)sc4c23)c([2H])c([2H])c1[2H]. The molecule has 0 aliphatic heterocycles. The molecule has 0 saturated carbocycles. The van der Waals surface area contributed by atoms with Crippen molar-refractivity contribution in [2.24, 2.45) is 0 Å². The summed E-state index contributed by atoms with van der Waals surface area (Å²) in [5.41, 5.74) is 2.92. The van der Waals surface area contributed by atoms with Crippen LogP contribution in [0.2, 0.25) is 0 Å². The molecule has 2 aromatic carbocycles. The van der Waals surface area contributed by atoms with E-state index in [0.29, 0.717) is 11.1 Å². The van der Waals surface area contributed by atoms with E-state index in [-0.39, 0.29) is 30.0 Å². The zero-order chi connectivity index (χ0) is 18.9. The van der Waals surface area contributed by atoms with Crippen LogP contribution < -0.4 is 0 Å². The zero-order valence-corrected chi connectivity index (χ0v) is 12.9. The Morgan fingerprint density at radius 1 is 1.17 bits per heavy atom. The van der Waals surface area contributed by atoms with Crippen LogP contribution in [0.5, 0.6) is 0 Å².